The van der Waals surface area contributed by atoms with Gasteiger partial charge in [-0.15, -0.1) is 0 Å². The first-order valence-corrected chi connectivity index (χ1v) is 7.40. The Morgan fingerprint density at radius 1 is 1.16 bits per heavy atom. The van der Waals surface area contributed by atoms with Gasteiger partial charge in [0.25, 0.3) is 0 Å². The molecule has 6 heteroatoms. The minimum atomic E-state index is -3.62. The van der Waals surface area contributed by atoms with Gasteiger partial charge < -0.3 is 10.2 Å². The van der Waals surface area contributed by atoms with Gasteiger partial charge in [-0.2, -0.15) is 4.31 Å². The molecule has 5 nitrogen and oxygen atoms in total. The fourth-order valence-corrected chi connectivity index (χ4v) is 2.93. The molecule has 0 aliphatic carbocycles. The molecule has 0 atom stereocenters. The highest BCUT2D eigenvalue weighted by Gasteiger charge is 2.22. The highest BCUT2D eigenvalue weighted by molar-refractivity contribution is 7.89. The van der Waals surface area contributed by atoms with Gasteiger partial charge in [0.2, 0.25) is 10.0 Å². The van der Waals surface area contributed by atoms with Gasteiger partial charge in [0.1, 0.15) is 0 Å². The van der Waals surface area contributed by atoms with Gasteiger partial charge in [0.05, 0.1) is 18.1 Å². The summed E-state index contributed by atoms with van der Waals surface area (Å²) in [7, 11) is -3.62. The van der Waals surface area contributed by atoms with Crippen molar-refractivity contribution in [3.8, 4) is 0 Å². The van der Waals surface area contributed by atoms with Crippen molar-refractivity contribution in [1.82, 2.24) is 4.31 Å². The lowest BCUT2D eigenvalue weighted by atomic mass is 10.2. The number of nitrogens with zero attached hydrogens (tertiary/aromatic N) is 1. The number of rotatable bonds is 7. The van der Waals surface area contributed by atoms with Crippen LogP contribution >= 0.6 is 0 Å². The Hall–Kier alpha value is -1.21. The van der Waals surface area contributed by atoms with Gasteiger partial charge in [0, 0.05) is 13.1 Å². The standard InChI is InChI=1S/C13H19NO4S/c1-12-4-6-13(7-5-12)19(17,18)14(9-11-16)8-2-3-10-15/h2-7,15-16H,8-11H2,1H3/b3-2-. The summed E-state index contributed by atoms with van der Waals surface area (Å²) in [5, 5.41) is 17.6. The van der Waals surface area contributed by atoms with Crippen LogP contribution in [0, 0.1) is 6.92 Å². The van der Waals surface area contributed by atoms with Crippen LogP contribution in [-0.4, -0.2) is 49.2 Å². The van der Waals surface area contributed by atoms with E-state index >= 15 is 0 Å². The van der Waals surface area contributed by atoms with Crippen molar-refractivity contribution < 1.29 is 18.6 Å². The van der Waals surface area contributed by atoms with Gasteiger partial charge in [-0.05, 0) is 19.1 Å². The molecule has 1 rings (SSSR count). The highest BCUT2D eigenvalue weighted by atomic mass is 32.2. The highest BCUT2D eigenvalue weighted by Crippen LogP contribution is 2.16. The normalized spacial score (nSPS) is 12.4. The number of benzene rings is 1. The van der Waals surface area contributed by atoms with E-state index in [1.165, 1.54) is 10.4 Å². The zero-order valence-corrected chi connectivity index (χ0v) is 11.7. The minimum Gasteiger partial charge on any atom is -0.395 e. The smallest absolute Gasteiger partial charge is 0.243 e. The van der Waals surface area contributed by atoms with Crippen LogP contribution in [0.15, 0.2) is 41.3 Å². The first kappa shape index (κ1) is 15.8. The van der Waals surface area contributed by atoms with Crippen molar-refractivity contribution >= 4 is 10.0 Å². The SMILES string of the molecule is Cc1ccc(S(=O)(=O)N(C/C=C\CO)CCO)cc1. The predicted molar refractivity (Wildman–Crippen MR) is 73.2 cm³/mol. The summed E-state index contributed by atoms with van der Waals surface area (Å²) < 4.78 is 25.9. The average molecular weight is 285 g/mol. The summed E-state index contributed by atoms with van der Waals surface area (Å²) >= 11 is 0. The monoisotopic (exact) mass is 285 g/mol. The van der Waals surface area contributed by atoms with Gasteiger partial charge in [-0.1, -0.05) is 29.8 Å². The van der Waals surface area contributed by atoms with E-state index in [-0.39, 0.29) is 31.2 Å². The Labute approximate surface area is 113 Å². The van der Waals surface area contributed by atoms with Crippen molar-refractivity contribution in [3.63, 3.8) is 0 Å². The molecule has 106 valence electrons. The topological polar surface area (TPSA) is 77.8 Å². The molecule has 0 unspecified atom stereocenters. The molecule has 0 amide bonds. The molecular formula is C13H19NO4S. The van der Waals surface area contributed by atoms with E-state index < -0.39 is 10.0 Å². The second-order valence-corrected chi connectivity index (χ2v) is 5.99. The summed E-state index contributed by atoms with van der Waals surface area (Å²) in [6.07, 6.45) is 3.02. The van der Waals surface area contributed by atoms with E-state index in [1.54, 1.807) is 30.3 Å². The molecule has 0 radical (unpaired) electrons. The third kappa shape index (κ3) is 4.43. The lowest BCUT2D eigenvalue weighted by Gasteiger charge is -2.19. The van der Waals surface area contributed by atoms with E-state index in [4.69, 9.17) is 10.2 Å². The summed E-state index contributed by atoms with van der Waals surface area (Å²) in [6.45, 7) is 1.63. The van der Waals surface area contributed by atoms with E-state index in [0.717, 1.165) is 5.56 Å². The third-order valence-electron chi connectivity index (χ3n) is 2.59. The summed E-state index contributed by atoms with van der Waals surface area (Å²) in [5.74, 6) is 0. The minimum absolute atomic E-state index is 0.0198. The van der Waals surface area contributed by atoms with Crippen molar-refractivity contribution in [2.75, 3.05) is 26.3 Å². The third-order valence-corrected chi connectivity index (χ3v) is 4.47. The predicted octanol–water partition coefficient (Wildman–Crippen LogP) is 0.527. The first-order chi connectivity index (χ1) is 9.02. The average Bonchev–Trinajstić information content (AvgIpc) is 2.38. The van der Waals surface area contributed by atoms with Crippen LogP contribution in [0.1, 0.15) is 5.56 Å². The number of aliphatic hydroxyl groups excluding tert-OH is 2. The molecule has 0 heterocycles. The number of sulfonamides is 1. The molecule has 0 bridgehead atoms. The number of aliphatic hydroxyl groups is 2. The molecule has 0 aliphatic heterocycles. The molecule has 1 aromatic rings. The van der Waals surface area contributed by atoms with Crippen molar-refractivity contribution in [1.29, 1.82) is 0 Å². The van der Waals surface area contributed by atoms with Crippen LogP contribution < -0.4 is 0 Å². The second kappa shape index (κ2) is 7.40. The summed E-state index contributed by atoms with van der Waals surface area (Å²) in [5.41, 5.74) is 0.979. The molecular weight excluding hydrogens is 266 g/mol. The largest absolute Gasteiger partial charge is 0.395 e. The molecule has 2 N–H and O–H groups in total. The Kier molecular flexibility index (Phi) is 6.17. The van der Waals surface area contributed by atoms with Crippen LogP contribution in [0.2, 0.25) is 0 Å². The lowest BCUT2D eigenvalue weighted by molar-refractivity contribution is 0.260. The van der Waals surface area contributed by atoms with E-state index in [0.29, 0.717) is 0 Å². The Morgan fingerprint density at radius 3 is 2.32 bits per heavy atom. The van der Waals surface area contributed by atoms with E-state index in [2.05, 4.69) is 0 Å². The number of hydrogen-bond donors (Lipinski definition) is 2. The molecule has 1 aromatic carbocycles. The molecule has 19 heavy (non-hydrogen) atoms. The van der Waals surface area contributed by atoms with Gasteiger partial charge in [-0.3, -0.25) is 0 Å². The van der Waals surface area contributed by atoms with Crippen LogP contribution in [0.4, 0.5) is 0 Å². The fourth-order valence-electron chi connectivity index (χ4n) is 1.55. The maximum atomic E-state index is 12.3. The Balaban J connectivity index is 2.98. The Morgan fingerprint density at radius 2 is 1.79 bits per heavy atom. The van der Waals surface area contributed by atoms with Crippen LogP contribution in [0.5, 0.6) is 0 Å². The van der Waals surface area contributed by atoms with Crippen LogP contribution in [-0.2, 0) is 10.0 Å². The molecule has 0 fully saturated rings. The molecule has 0 saturated heterocycles. The van der Waals surface area contributed by atoms with Crippen molar-refractivity contribution in [2.24, 2.45) is 0 Å². The van der Waals surface area contributed by atoms with Crippen LogP contribution in [0.3, 0.4) is 0 Å². The Bertz CT molecular complexity index is 508. The van der Waals surface area contributed by atoms with Gasteiger partial charge >= 0.3 is 0 Å². The van der Waals surface area contributed by atoms with E-state index in [9.17, 15) is 8.42 Å². The molecule has 0 saturated carbocycles. The quantitative estimate of drug-likeness (QED) is 0.716. The van der Waals surface area contributed by atoms with Gasteiger partial charge in [0.15, 0.2) is 0 Å². The molecule has 0 spiro atoms. The molecule has 0 aliphatic rings. The van der Waals surface area contributed by atoms with Crippen molar-refractivity contribution in [2.45, 2.75) is 11.8 Å². The number of hydrogen-bond acceptors (Lipinski definition) is 4. The number of aryl methyl sites for hydroxylation is 1. The fraction of sp³-hybridized carbons (Fsp3) is 0.385. The summed E-state index contributed by atoms with van der Waals surface area (Å²) in [4.78, 5) is 0.198. The lowest BCUT2D eigenvalue weighted by Crippen LogP contribution is -2.33. The summed E-state index contributed by atoms with van der Waals surface area (Å²) in [6, 6.07) is 6.55. The maximum absolute atomic E-state index is 12.3. The zero-order chi connectivity index (χ0) is 14.3. The van der Waals surface area contributed by atoms with Crippen LogP contribution in [0.25, 0.3) is 0 Å². The zero-order valence-electron chi connectivity index (χ0n) is 10.9. The second-order valence-electron chi connectivity index (χ2n) is 4.05. The molecule has 0 aromatic heterocycles. The first-order valence-electron chi connectivity index (χ1n) is 5.96. The maximum Gasteiger partial charge on any atom is 0.243 e. The van der Waals surface area contributed by atoms with Gasteiger partial charge in [-0.25, -0.2) is 8.42 Å². The van der Waals surface area contributed by atoms with E-state index in [1.807, 2.05) is 6.92 Å². The van der Waals surface area contributed by atoms with Crippen molar-refractivity contribution in [3.05, 3.63) is 42.0 Å².